The lowest BCUT2D eigenvalue weighted by Crippen LogP contribution is -2.82. The van der Waals surface area contributed by atoms with Gasteiger partial charge in [0.25, 0.3) is 0 Å². The minimum atomic E-state index is -3.33. The van der Waals surface area contributed by atoms with Gasteiger partial charge in [0.15, 0.2) is 46.7 Å². The summed E-state index contributed by atoms with van der Waals surface area (Å²) in [5.74, 6) is -30.7. The number of cyclic esters (lactones) is 6. The molecule has 6 fully saturated rings. The van der Waals surface area contributed by atoms with E-state index in [1.807, 2.05) is 0 Å². The van der Waals surface area contributed by atoms with Crippen LogP contribution in [0.5, 0.6) is 0 Å². The molecule has 28 heteroatoms. The maximum atomic E-state index is 14.3. The first-order valence-corrected chi connectivity index (χ1v) is 24.7. The zero-order valence-electron chi connectivity index (χ0n) is 40.3. The van der Waals surface area contributed by atoms with E-state index >= 15 is 0 Å². The van der Waals surface area contributed by atoms with Crippen molar-refractivity contribution < 1.29 is 136 Å². The molecule has 28 nitrogen and oxygen atoms in total. The molecular formula is C47H60O28. The van der Waals surface area contributed by atoms with Gasteiger partial charge in [0, 0.05) is 12.8 Å². The first-order chi connectivity index (χ1) is 35.5. The summed E-state index contributed by atoms with van der Waals surface area (Å²) in [7, 11) is 0. The highest BCUT2D eigenvalue weighted by molar-refractivity contribution is 5.97. The Kier molecular flexibility index (Phi) is 18.5. The predicted molar refractivity (Wildman–Crippen MR) is 233 cm³/mol. The van der Waals surface area contributed by atoms with Crippen LogP contribution in [0.25, 0.3) is 0 Å². The lowest BCUT2D eigenvalue weighted by molar-refractivity contribution is -0.390. The Balaban J connectivity index is 1.81. The molecule has 6 aliphatic heterocycles. The third-order valence-electron chi connectivity index (χ3n) is 15.3. The Morgan fingerprint density at radius 1 is 0.347 bits per heavy atom. The van der Waals surface area contributed by atoms with Gasteiger partial charge in [-0.25, -0.2) is 0 Å². The van der Waals surface area contributed by atoms with Crippen molar-refractivity contribution in [2.45, 2.75) is 164 Å². The van der Waals surface area contributed by atoms with Crippen molar-refractivity contribution in [1.82, 2.24) is 0 Å². The number of esters is 6. The molecular weight excluding hydrogens is 1010 g/mol. The molecule has 75 heavy (non-hydrogen) atoms. The summed E-state index contributed by atoms with van der Waals surface area (Å²) in [5, 5.41) is 86.4. The van der Waals surface area contributed by atoms with Crippen molar-refractivity contribution >= 4 is 71.6 Å². The summed E-state index contributed by atoms with van der Waals surface area (Å²) >= 11 is 0. The monoisotopic (exact) mass is 1070 g/mol. The zero-order chi connectivity index (χ0) is 55.2. The molecule has 6 aliphatic rings. The highest BCUT2D eigenvalue weighted by Gasteiger charge is 2.79. The fourth-order valence-corrected chi connectivity index (χ4v) is 11.6. The van der Waals surface area contributed by atoms with E-state index < -0.39 is 251 Å². The van der Waals surface area contributed by atoms with Crippen molar-refractivity contribution in [3.63, 3.8) is 0 Å². The molecule has 0 bridgehead atoms. The zero-order valence-corrected chi connectivity index (χ0v) is 40.3. The van der Waals surface area contributed by atoms with Crippen LogP contribution in [0.2, 0.25) is 0 Å². The highest BCUT2D eigenvalue weighted by atomic mass is 16.7. The Morgan fingerprint density at radius 2 is 0.547 bits per heavy atom. The Bertz CT molecular complexity index is 2010. The van der Waals surface area contributed by atoms with Crippen LogP contribution in [-0.2, 0) is 95.4 Å². The number of carbonyl (C=O) groups is 12. The Labute approximate surface area is 425 Å². The summed E-state index contributed by atoms with van der Waals surface area (Å²) in [6.07, 6.45) is -21.7. The number of rotatable bonds is 18. The van der Waals surface area contributed by atoms with Gasteiger partial charge in [0.1, 0.15) is 24.4 Å². The third-order valence-corrected chi connectivity index (χ3v) is 15.3. The van der Waals surface area contributed by atoms with Gasteiger partial charge in [0.05, 0.1) is 18.6 Å². The topological polar surface area (TPSA) is 441 Å². The van der Waals surface area contributed by atoms with E-state index in [2.05, 4.69) is 0 Å². The number of aliphatic carboxylic acids is 6. The normalized spacial score (nSPS) is 33.0. The van der Waals surface area contributed by atoms with Gasteiger partial charge < -0.3 is 78.7 Å². The Morgan fingerprint density at radius 3 is 0.747 bits per heavy atom. The van der Waals surface area contributed by atoms with Crippen molar-refractivity contribution in [3.8, 4) is 0 Å². The average molecular weight is 1070 g/mol. The summed E-state index contributed by atoms with van der Waals surface area (Å²) in [5.41, 5.74) is -9.96. The first-order valence-electron chi connectivity index (χ1n) is 24.7. The van der Waals surface area contributed by atoms with E-state index in [1.165, 1.54) is 0 Å². The van der Waals surface area contributed by atoms with Gasteiger partial charge in [-0.05, 0) is 103 Å². The van der Waals surface area contributed by atoms with Gasteiger partial charge in [0.2, 0.25) is 12.6 Å². The number of carboxylic acids is 6. The van der Waals surface area contributed by atoms with Gasteiger partial charge in [-0.15, -0.1) is 0 Å². The number of hydrogen-bond donors (Lipinski definition) is 8. The molecule has 0 spiro atoms. The van der Waals surface area contributed by atoms with Gasteiger partial charge in [-0.1, -0.05) is 0 Å². The second-order valence-electron chi connectivity index (χ2n) is 19.6. The quantitative estimate of drug-likeness (QED) is 0.0515. The van der Waals surface area contributed by atoms with E-state index in [0.29, 0.717) is 0 Å². The molecule has 0 amide bonds. The molecule has 0 aromatic carbocycles. The van der Waals surface area contributed by atoms with Gasteiger partial charge in [-0.3, -0.25) is 57.5 Å². The van der Waals surface area contributed by atoms with Gasteiger partial charge >= 0.3 is 71.6 Å². The standard InChI is InChI=1S/C47H60O28/c48-19-45(20-49,46(27-13-1-7-21(33(50)51)39(62)68-27,28-14-2-8-22(34(52)53)40(63)69-28)74-31-17-5-11-25(37(58)59)43(66)72-31)47(29-15-3-9-23(35(54)55)41(64)70-29,30-16-4-10-24(36(56)57)42(65)71-30)75-32-18-6-12-26(38(60)61)44(67)73-32/h21-32,48-49H,1-20H2,(H,50,51)(H,52,53)(H,54,55)(H,56,57)(H,58,59)(H,60,61). The van der Waals surface area contributed by atoms with Crippen molar-refractivity contribution in [2.75, 3.05) is 13.2 Å². The molecule has 0 saturated carbocycles. The Hall–Kier alpha value is -6.52. The average Bonchev–Trinajstić information content (AvgIpc) is 3.95. The molecule has 12 unspecified atom stereocenters. The second kappa shape index (κ2) is 24.0. The number of carboxylic acid groups (broad SMARTS) is 6. The lowest BCUT2D eigenvalue weighted by atomic mass is 9.52. The molecule has 6 rings (SSSR count). The predicted octanol–water partition coefficient (Wildman–Crippen LogP) is 0.162. The summed E-state index contributed by atoms with van der Waals surface area (Å²) in [4.78, 5) is 160. The van der Waals surface area contributed by atoms with Crippen LogP contribution < -0.4 is 0 Å². The number of aliphatic hydroxyl groups is 2. The SMILES string of the molecule is O=C(O)C1CCCC(OC(C2CCCC(C(=O)O)C(=O)O2)(C2CCCC(C(=O)O)C(=O)O2)C(CO)(CO)C(OC2CCCC(C(=O)O)C(=O)O2)(C2CCCC(C(=O)O)C(=O)O2)C2CCCC(C(=O)O)C(=O)O2)OC1=O. The number of hydrogen-bond acceptors (Lipinski definition) is 22. The minimum Gasteiger partial charge on any atom is -0.481 e. The fraction of sp³-hybridized carbons (Fsp3) is 0.745. The molecule has 6 heterocycles. The molecule has 12 atom stereocenters. The van der Waals surface area contributed by atoms with Crippen LogP contribution in [0, 0.1) is 40.9 Å². The van der Waals surface area contributed by atoms with Crippen molar-refractivity contribution in [1.29, 1.82) is 0 Å². The van der Waals surface area contributed by atoms with E-state index in [0.717, 1.165) is 0 Å². The van der Waals surface area contributed by atoms with Crippen LogP contribution in [0.1, 0.15) is 116 Å². The van der Waals surface area contributed by atoms with Crippen LogP contribution in [0.15, 0.2) is 0 Å². The van der Waals surface area contributed by atoms with E-state index in [1.54, 1.807) is 0 Å². The molecule has 0 radical (unpaired) electrons. The molecule has 0 aromatic rings. The molecule has 6 saturated heterocycles. The maximum absolute atomic E-state index is 14.3. The van der Waals surface area contributed by atoms with Crippen LogP contribution in [0.4, 0.5) is 0 Å². The molecule has 8 N–H and O–H groups in total. The second-order valence-corrected chi connectivity index (χ2v) is 19.6. The molecule has 416 valence electrons. The molecule has 0 aliphatic carbocycles. The largest absolute Gasteiger partial charge is 0.481 e. The summed E-state index contributed by atoms with van der Waals surface area (Å²) in [6.45, 7) is -3.50. The number of aliphatic hydroxyl groups excluding tert-OH is 2. The summed E-state index contributed by atoms with van der Waals surface area (Å²) in [6, 6.07) is 0. The van der Waals surface area contributed by atoms with Crippen LogP contribution >= 0.6 is 0 Å². The summed E-state index contributed by atoms with van der Waals surface area (Å²) < 4.78 is 49.5. The van der Waals surface area contributed by atoms with Crippen LogP contribution in [-0.4, -0.2) is 174 Å². The highest BCUT2D eigenvalue weighted by Crippen LogP contribution is 2.60. The van der Waals surface area contributed by atoms with E-state index in [9.17, 15) is 98.4 Å². The number of ether oxygens (including phenoxy) is 8. The number of carbonyl (C=O) groups excluding carboxylic acids is 6. The minimum absolute atomic E-state index is 0.246. The lowest BCUT2D eigenvalue weighted by Gasteiger charge is -2.64. The van der Waals surface area contributed by atoms with E-state index in [4.69, 9.17) is 37.9 Å². The van der Waals surface area contributed by atoms with Crippen molar-refractivity contribution in [2.24, 2.45) is 40.9 Å². The smallest absolute Gasteiger partial charge is 0.322 e. The first kappa shape index (κ1) is 57.8. The maximum Gasteiger partial charge on any atom is 0.322 e. The van der Waals surface area contributed by atoms with Crippen molar-refractivity contribution in [3.05, 3.63) is 0 Å². The fourth-order valence-electron chi connectivity index (χ4n) is 11.6. The third kappa shape index (κ3) is 11.4. The van der Waals surface area contributed by atoms with Gasteiger partial charge in [-0.2, -0.15) is 0 Å². The van der Waals surface area contributed by atoms with E-state index in [-0.39, 0.29) is 38.5 Å². The van der Waals surface area contributed by atoms with Crippen LogP contribution in [0.3, 0.4) is 0 Å². The molecule has 0 aromatic heterocycles.